The monoisotopic (exact) mass is 497 g/mol. The van der Waals surface area contributed by atoms with Crippen molar-refractivity contribution in [2.75, 3.05) is 13.1 Å². The van der Waals surface area contributed by atoms with Crippen LogP contribution in [0.2, 0.25) is 5.02 Å². The average Bonchev–Trinajstić information content (AvgIpc) is 3.28. The number of aromatic carboxylic acids is 1. The van der Waals surface area contributed by atoms with Crippen molar-refractivity contribution < 1.29 is 9.90 Å². The van der Waals surface area contributed by atoms with E-state index >= 15 is 0 Å². The van der Waals surface area contributed by atoms with E-state index in [2.05, 4.69) is 17.9 Å². The van der Waals surface area contributed by atoms with E-state index < -0.39 is 5.97 Å². The molecule has 0 saturated carbocycles. The van der Waals surface area contributed by atoms with E-state index in [1.165, 1.54) is 0 Å². The minimum Gasteiger partial charge on any atom is -0.478 e. The average molecular weight is 498 g/mol. The highest BCUT2D eigenvalue weighted by molar-refractivity contribution is 6.30. The standard InChI is InChI=1S/C28H24ClN5O2/c1-2-33-15-19(27-23(17-33)25(28(35)36)22-6-3-4-7-24(22)31-27)14-20-16-34(13-5-12-30)32-26(20)18-8-10-21(29)11-9-18/h3-4,6-11,14,16H,2,5,13,15,17H2,1H3,(H,35,36). The molecule has 0 radical (unpaired) electrons. The van der Waals surface area contributed by atoms with Gasteiger partial charge in [0.1, 0.15) is 0 Å². The number of nitrogens with zero attached hydrogens (tertiary/aromatic N) is 5. The molecule has 0 spiro atoms. The maximum Gasteiger partial charge on any atom is 0.336 e. The van der Waals surface area contributed by atoms with Gasteiger partial charge >= 0.3 is 5.97 Å². The minimum absolute atomic E-state index is 0.308. The van der Waals surface area contributed by atoms with Crippen LogP contribution in [0.1, 0.15) is 40.5 Å². The van der Waals surface area contributed by atoms with Gasteiger partial charge in [-0.2, -0.15) is 10.4 Å². The Kier molecular flexibility index (Phi) is 6.55. The molecule has 0 fully saturated rings. The number of aromatic nitrogens is 3. The zero-order chi connectivity index (χ0) is 25.2. The summed E-state index contributed by atoms with van der Waals surface area (Å²) in [4.78, 5) is 19.5. The number of benzene rings is 2. The molecule has 2 aromatic heterocycles. The van der Waals surface area contributed by atoms with E-state index in [9.17, 15) is 9.90 Å². The van der Waals surface area contributed by atoms with Gasteiger partial charge in [-0.15, -0.1) is 0 Å². The van der Waals surface area contributed by atoms with Gasteiger partial charge in [-0.05, 0) is 36.4 Å². The number of pyridine rings is 1. The van der Waals surface area contributed by atoms with E-state index in [-0.39, 0.29) is 0 Å². The number of carbonyl (C=O) groups is 1. The zero-order valence-corrected chi connectivity index (χ0v) is 20.5. The maximum absolute atomic E-state index is 12.4. The molecule has 0 aliphatic carbocycles. The van der Waals surface area contributed by atoms with Crippen molar-refractivity contribution in [1.29, 1.82) is 5.26 Å². The summed E-state index contributed by atoms with van der Waals surface area (Å²) in [7, 11) is 0. The number of nitriles is 1. The van der Waals surface area contributed by atoms with Crippen LogP contribution in [-0.2, 0) is 13.1 Å². The number of likely N-dealkylation sites (N-methyl/N-ethyl adjacent to an activating group) is 1. The van der Waals surface area contributed by atoms with E-state index in [4.69, 9.17) is 26.9 Å². The van der Waals surface area contributed by atoms with Crippen LogP contribution >= 0.6 is 11.6 Å². The lowest BCUT2D eigenvalue weighted by atomic mass is 9.92. The molecule has 0 bridgehead atoms. The summed E-state index contributed by atoms with van der Waals surface area (Å²) in [6.07, 6.45) is 4.32. The summed E-state index contributed by atoms with van der Waals surface area (Å²) in [6.45, 7) is 4.47. The number of halogens is 1. The molecule has 0 unspecified atom stereocenters. The first-order chi connectivity index (χ1) is 17.5. The summed E-state index contributed by atoms with van der Waals surface area (Å²) < 4.78 is 1.78. The summed E-state index contributed by atoms with van der Waals surface area (Å²) >= 11 is 6.11. The molecule has 7 nitrogen and oxygen atoms in total. The smallest absolute Gasteiger partial charge is 0.336 e. The van der Waals surface area contributed by atoms with Crippen molar-refractivity contribution in [2.24, 2.45) is 0 Å². The van der Waals surface area contributed by atoms with Crippen LogP contribution in [0.5, 0.6) is 0 Å². The fourth-order valence-electron chi connectivity index (χ4n) is 4.69. The Balaban J connectivity index is 1.72. The van der Waals surface area contributed by atoms with Crippen molar-refractivity contribution in [3.8, 4) is 17.3 Å². The Morgan fingerprint density at radius 2 is 1.94 bits per heavy atom. The molecular formula is C28H24ClN5O2. The fourth-order valence-corrected chi connectivity index (χ4v) is 4.82. The number of fused-ring (bicyclic) bond motifs is 2. The van der Waals surface area contributed by atoms with Crippen molar-refractivity contribution >= 4 is 40.1 Å². The third-order valence-electron chi connectivity index (χ3n) is 6.42. The largest absolute Gasteiger partial charge is 0.478 e. The van der Waals surface area contributed by atoms with Crippen molar-refractivity contribution in [1.82, 2.24) is 19.7 Å². The van der Waals surface area contributed by atoms with Gasteiger partial charge in [-0.3, -0.25) is 9.58 Å². The molecule has 4 aromatic rings. The van der Waals surface area contributed by atoms with Gasteiger partial charge in [-0.1, -0.05) is 48.9 Å². The highest BCUT2D eigenvalue weighted by Gasteiger charge is 2.28. The first-order valence-corrected chi connectivity index (χ1v) is 12.1. The van der Waals surface area contributed by atoms with Crippen LogP contribution in [0, 0.1) is 11.3 Å². The molecule has 1 aliphatic heterocycles. The lowest BCUT2D eigenvalue weighted by Gasteiger charge is -2.30. The van der Waals surface area contributed by atoms with Gasteiger partial charge < -0.3 is 5.11 Å². The Bertz CT molecular complexity index is 1530. The third kappa shape index (κ3) is 4.49. The van der Waals surface area contributed by atoms with Crippen molar-refractivity contribution in [3.63, 3.8) is 0 Å². The van der Waals surface area contributed by atoms with Crippen LogP contribution in [0.25, 0.3) is 33.8 Å². The Labute approximate surface area is 213 Å². The molecular weight excluding hydrogens is 474 g/mol. The first kappa shape index (κ1) is 23.7. The van der Waals surface area contributed by atoms with Gasteiger partial charge in [0, 0.05) is 46.4 Å². The molecule has 0 atom stereocenters. The molecule has 5 rings (SSSR count). The number of carboxylic acid groups (broad SMARTS) is 1. The van der Waals surface area contributed by atoms with E-state index in [0.29, 0.717) is 53.2 Å². The molecule has 1 aliphatic rings. The highest BCUT2D eigenvalue weighted by atomic mass is 35.5. The van der Waals surface area contributed by atoms with E-state index in [1.54, 1.807) is 4.68 Å². The molecule has 0 saturated heterocycles. The fraction of sp³-hybridized carbons (Fsp3) is 0.214. The predicted octanol–water partition coefficient (Wildman–Crippen LogP) is 5.74. The zero-order valence-electron chi connectivity index (χ0n) is 19.8. The predicted molar refractivity (Wildman–Crippen MR) is 140 cm³/mol. The topological polar surface area (TPSA) is 95.0 Å². The Hall–Kier alpha value is -3.99. The molecule has 180 valence electrons. The van der Waals surface area contributed by atoms with E-state index in [0.717, 1.165) is 34.5 Å². The molecule has 2 aromatic carbocycles. The second-order valence-corrected chi connectivity index (χ2v) is 9.16. The lowest BCUT2D eigenvalue weighted by molar-refractivity contribution is 0.0696. The minimum atomic E-state index is -0.951. The summed E-state index contributed by atoms with van der Waals surface area (Å²) in [5.41, 5.74) is 5.89. The first-order valence-electron chi connectivity index (χ1n) is 11.8. The number of aryl methyl sites for hydroxylation is 1. The molecule has 0 amide bonds. The second kappa shape index (κ2) is 9.94. The van der Waals surface area contributed by atoms with Crippen LogP contribution in [0.4, 0.5) is 0 Å². The molecule has 8 heteroatoms. The maximum atomic E-state index is 12.4. The summed E-state index contributed by atoms with van der Waals surface area (Å²) in [5.74, 6) is -0.951. The molecule has 1 N–H and O–H groups in total. The van der Waals surface area contributed by atoms with E-state index in [1.807, 2.05) is 60.8 Å². The summed E-state index contributed by atoms with van der Waals surface area (Å²) in [6, 6.07) is 17.0. The molecule has 3 heterocycles. The number of para-hydroxylation sites is 1. The quantitative estimate of drug-likeness (QED) is 0.365. The number of carboxylic acids is 1. The van der Waals surface area contributed by atoms with Gasteiger partial charge in [0.05, 0.1) is 41.5 Å². The SMILES string of the molecule is CCN1CC(=Cc2cn(CCC#N)nc2-c2ccc(Cl)cc2)c2nc3ccccc3c(C(=O)O)c2C1. The highest BCUT2D eigenvalue weighted by Crippen LogP contribution is 2.35. The molecule has 36 heavy (non-hydrogen) atoms. The number of hydrogen-bond donors (Lipinski definition) is 1. The number of rotatable bonds is 6. The Morgan fingerprint density at radius 1 is 1.17 bits per heavy atom. The summed E-state index contributed by atoms with van der Waals surface area (Å²) in [5, 5.41) is 25.3. The van der Waals surface area contributed by atoms with Gasteiger partial charge in [0.2, 0.25) is 0 Å². The van der Waals surface area contributed by atoms with Crippen LogP contribution < -0.4 is 0 Å². The van der Waals surface area contributed by atoms with Crippen LogP contribution in [0.15, 0.2) is 54.7 Å². The van der Waals surface area contributed by atoms with Crippen LogP contribution in [0.3, 0.4) is 0 Å². The van der Waals surface area contributed by atoms with Gasteiger partial charge in [0.25, 0.3) is 0 Å². The van der Waals surface area contributed by atoms with Crippen LogP contribution in [-0.4, -0.2) is 43.8 Å². The van der Waals surface area contributed by atoms with Crippen molar-refractivity contribution in [3.05, 3.63) is 82.1 Å². The number of hydrogen-bond acceptors (Lipinski definition) is 5. The van der Waals surface area contributed by atoms with Gasteiger partial charge in [-0.25, -0.2) is 9.78 Å². The van der Waals surface area contributed by atoms with Crippen molar-refractivity contribution in [2.45, 2.75) is 26.4 Å². The third-order valence-corrected chi connectivity index (χ3v) is 6.68. The Morgan fingerprint density at radius 3 is 2.67 bits per heavy atom. The second-order valence-electron chi connectivity index (χ2n) is 8.72. The lowest BCUT2D eigenvalue weighted by Crippen LogP contribution is -2.31. The normalized spacial score (nSPS) is 14.6. The van der Waals surface area contributed by atoms with Gasteiger partial charge in [0.15, 0.2) is 0 Å².